The molecule has 0 unspecified atom stereocenters. The second kappa shape index (κ2) is 7.88. The molecule has 0 fully saturated rings. The van der Waals surface area contributed by atoms with Crippen LogP contribution in [0.2, 0.25) is 0 Å². The van der Waals surface area contributed by atoms with Crippen molar-refractivity contribution in [2.45, 2.75) is 52.4 Å². The third kappa shape index (κ3) is 3.62. The molecule has 2 N–H and O–H groups in total. The fourth-order valence-electron chi connectivity index (χ4n) is 2.91. The van der Waals surface area contributed by atoms with Crippen molar-refractivity contribution in [1.82, 2.24) is 0 Å². The second-order valence-corrected chi connectivity index (χ2v) is 5.81. The summed E-state index contributed by atoms with van der Waals surface area (Å²) in [4.78, 5) is 0. The minimum Gasteiger partial charge on any atom is -0.508 e. The van der Waals surface area contributed by atoms with Crippen LogP contribution >= 0.6 is 0 Å². The minimum absolute atomic E-state index is 0.298. The maximum atomic E-state index is 10.3. The number of rotatable bonds is 7. The number of hydrogen-bond acceptors (Lipinski definition) is 2. The van der Waals surface area contributed by atoms with Crippen LogP contribution in [-0.2, 0) is 12.8 Å². The van der Waals surface area contributed by atoms with Crippen LogP contribution in [0.1, 0.15) is 50.7 Å². The highest BCUT2D eigenvalue weighted by Crippen LogP contribution is 2.37. The van der Waals surface area contributed by atoms with E-state index in [1.54, 1.807) is 12.1 Å². The normalized spacial score (nSPS) is 10.8. The average molecular weight is 298 g/mol. The van der Waals surface area contributed by atoms with Gasteiger partial charge < -0.3 is 10.2 Å². The first-order valence-corrected chi connectivity index (χ1v) is 8.31. The van der Waals surface area contributed by atoms with Crippen LogP contribution in [0.25, 0.3) is 11.1 Å². The van der Waals surface area contributed by atoms with Gasteiger partial charge >= 0.3 is 0 Å². The molecule has 0 radical (unpaired) electrons. The zero-order chi connectivity index (χ0) is 15.9. The Morgan fingerprint density at radius 1 is 0.682 bits per heavy atom. The SMILES string of the molecule is CCCCc1c(O)ccc(-c2ccccc2O)c1CCCC. The Morgan fingerprint density at radius 3 is 1.95 bits per heavy atom. The maximum Gasteiger partial charge on any atom is 0.123 e. The number of hydrogen-bond donors (Lipinski definition) is 2. The van der Waals surface area contributed by atoms with Gasteiger partial charge in [0.1, 0.15) is 11.5 Å². The van der Waals surface area contributed by atoms with Gasteiger partial charge in [0.2, 0.25) is 0 Å². The lowest BCUT2D eigenvalue weighted by Gasteiger charge is -2.17. The fraction of sp³-hybridized carbons (Fsp3) is 0.400. The van der Waals surface area contributed by atoms with Crippen LogP contribution in [0.4, 0.5) is 0 Å². The van der Waals surface area contributed by atoms with E-state index in [4.69, 9.17) is 0 Å². The molecule has 0 amide bonds. The third-order valence-corrected chi connectivity index (χ3v) is 4.16. The van der Waals surface area contributed by atoms with E-state index < -0.39 is 0 Å². The van der Waals surface area contributed by atoms with Crippen molar-refractivity contribution in [2.24, 2.45) is 0 Å². The monoisotopic (exact) mass is 298 g/mol. The molecule has 0 aliphatic carbocycles. The van der Waals surface area contributed by atoms with Gasteiger partial charge in [-0.2, -0.15) is 0 Å². The Morgan fingerprint density at radius 2 is 1.32 bits per heavy atom. The summed E-state index contributed by atoms with van der Waals surface area (Å²) < 4.78 is 0. The summed E-state index contributed by atoms with van der Waals surface area (Å²) in [7, 11) is 0. The van der Waals surface area contributed by atoms with Gasteiger partial charge in [-0.3, -0.25) is 0 Å². The molecule has 2 aromatic carbocycles. The Labute approximate surface area is 133 Å². The molecule has 0 aliphatic heterocycles. The van der Waals surface area contributed by atoms with Crippen LogP contribution in [0.3, 0.4) is 0 Å². The lowest BCUT2D eigenvalue weighted by molar-refractivity contribution is 0.465. The summed E-state index contributed by atoms with van der Waals surface area (Å²) in [5.74, 6) is 0.686. The Bertz CT molecular complexity index is 617. The molecule has 0 atom stereocenters. The molecule has 2 heteroatoms. The maximum absolute atomic E-state index is 10.3. The first kappa shape index (κ1) is 16.4. The molecule has 0 bridgehead atoms. The van der Waals surface area contributed by atoms with Crippen LogP contribution in [0, 0.1) is 0 Å². The summed E-state index contributed by atoms with van der Waals surface area (Å²) >= 11 is 0. The smallest absolute Gasteiger partial charge is 0.123 e. The second-order valence-electron chi connectivity index (χ2n) is 5.81. The van der Waals surface area contributed by atoms with E-state index >= 15 is 0 Å². The van der Waals surface area contributed by atoms with Gasteiger partial charge in [-0.05, 0) is 54.5 Å². The van der Waals surface area contributed by atoms with Crippen molar-refractivity contribution in [3.05, 3.63) is 47.5 Å². The van der Waals surface area contributed by atoms with Crippen molar-refractivity contribution < 1.29 is 10.2 Å². The van der Waals surface area contributed by atoms with Gasteiger partial charge in [0, 0.05) is 5.56 Å². The molecular formula is C20H26O2. The zero-order valence-corrected chi connectivity index (χ0v) is 13.6. The molecule has 0 spiro atoms. The van der Waals surface area contributed by atoms with E-state index in [2.05, 4.69) is 13.8 Å². The summed E-state index contributed by atoms with van der Waals surface area (Å²) in [6.07, 6.45) is 6.20. The van der Waals surface area contributed by atoms with Gasteiger partial charge in [0.05, 0.1) is 0 Å². The average Bonchev–Trinajstić information content (AvgIpc) is 2.53. The number of benzene rings is 2. The van der Waals surface area contributed by atoms with Gasteiger partial charge in [0.25, 0.3) is 0 Å². The Hall–Kier alpha value is -1.96. The quantitative estimate of drug-likeness (QED) is 0.713. The topological polar surface area (TPSA) is 40.5 Å². The van der Waals surface area contributed by atoms with Crippen LogP contribution < -0.4 is 0 Å². The molecule has 22 heavy (non-hydrogen) atoms. The number of phenols is 2. The highest BCUT2D eigenvalue weighted by atomic mass is 16.3. The van der Waals surface area contributed by atoms with Crippen LogP contribution in [0.5, 0.6) is 11.5 Å². The predicted octanol–water partition coefficient (Wildman–Crippen LogP) is 5.45. The molecule has 0 saturated heterocycles. The van der Waals surface area contributed by atoms with Crippen molar-refractivity contribution in [3.8, 4) is 22.6 Å². The van der Waals surface area contributed by atoms with E-state index in [9.17, 15) is 10.2 Å². The molecule has 0 heterocycles. The molecular weight excluding hydrogens is 272 g/mol. The highest BCUT2D eigenvalue weighted by Gasteiger charge is 2.15. The largest absolute Gasteiger partial charge is 0.508 e. The standard InChI is InChI=1S/C20H26O2/c1-3-5-9-15-16(18-11-7-8-12-19(18)21)13-14-20(22)17(15)10-6-4-2/h7-8,11-14,21-22H,3-6,9-10H2,1-2H3. The lowest BCUT2D eigenvalue weighted by Crippen LogP contribution is -1.99. The molecule has 2 rings (SSSR count). The fourth-order valence-corrected chi connectivity index (χ4v) is 2.91. The summed E-state index contributed by atoms with van der Waals surface area (Å²) in [5.41, 5.74) is 4.15. The number of aromatic hydroxyl groups is 2. The van der Waals surface area contributed by atoms with Gasteiger partial charge in [0.15, 0.2) is 0 Å². The van der Waals surface area contributed by atoms with Gasteiger partial charge in [-0.15, -0.1) is 0 Å². The highest BCUT2D eigenvalue weighted by molar-refractivity contribution is 5.75. The summed E-state index contributed by atoms with van der Waals surface area (Å²) in [6, 6.07) is 11.1. The van der Waals surface area contributed by atoms with Crippen molar-refractivity contribution in [2.75, 3.05) is 0 Å². The summed E-state index contributed by atoms with van der Waals surface area (Å²) in [5, 5.41) is 20.5. The van der Waals surface area contributed by atoms with Crippen LogP contribution in [-0.4, -0.2) is 10.2 Å². The molecule has 0 aromatic heterocycles. The number of para-hydroxylation sites is 1. The van der Waals surface area contributed by atoms with Crippen molar-refractivity contribution in [3.63, 3.8) is 0 Å². The van der Waals surface area contributed by atoms with Crippen LogP contribution in [0.15, 0.2) is 36.4 Å². The lowest BCUT2D eigenvalue weighted by atomic mass is 9.89. The molecule has 2 aromatic rings. The zero-order valence-electron chi connectivity index (χ0n) is 13.6. The Balaban J connectivity index is 2.55. The number of phenolic OH excluding ortho intramolecular Hbond substituents is 2. The third-order valence-electron chi connectivity index (χ3n) is 4.16. The molecule has 0 saturated carbocycles. The first-order valence-electron chi connectivity index (χ1n) is 8.31. The van der Waals surface area contributed by atoms with Gasteiger partial charge in [-0.25, -0.2) is 0 Å². The van der Waals surface area contributed by atoms with Crippen molar-refractivity contribution in [1.29, 1.82) is 0 Å². The van der Waals surface area contributed by atoms with E-state index in [-0.39, 0.29) is 0 Å². The molecule has 2 nitrogen and oxygen atoms in total. The Kier molecular flexibility index (Phi) is 5.88. The molecule has 118 valence electrons. The first-order chi connectivity index (χ1) is 10.7. The van der Waals surface area contributed by atoms with E-state index in [0.717, 1.165) is 55.2 Å². The summed E-state index contributed by atoms with van der Waals surface area (Å²) in [6.45, 7) is 4.34. The van der Waals surface area contributed by atoms with Gasteiger partial charge in [-0.1, -0.05) is 51.0 Å². The number of unbranched alkanes of at least 4 members (excludes halogenated alkanes) is 2. The molecule has 0 aliphatic rings. The van der Waals surface area contributed by atoms with E-state index in [0.29, 0.717) is 11.5 Å². The minimum atomic E-state index is 0.298. The van der Waals surface area contributed by atoms with E-state index in [1.807, 2.05) is 24.3 Å². The van der Waals surface area contributed by atoms with E-state index in [1.165, 1.54) is 5.56 Å². The predicted molar refractivity (Wildman–Crippen MR) is 92.4 cm³/mol. The van der Waals surface area contributed by atoms with Crippen molar-refractivity contribution >= 4 is 0 Å².